The van der Waals surface area contributed by atoms with E-state index in [2.05, 4.69) is 16.9 Å². The zero-order chi connectivity index (χ0) is 10.6. The van der Waals surface area contributed by atoms with Crippen LogP contribution in [0, 0.1) is 0 Å². The van der Waals surface area contributed by atoms with Gasteiger partial charge in [-0.2, -0.15) is 0 Å². The molecule has 14 heavy (non-hydrogen) atoms. The molecule has 0 amide bonds. The molecule has 78 valence electrons. The maximum Gasteiger partial charge on any atom is 0.356 e. The Kier molecular flexibility index (Phi) is 3.68. The lowest BCUT2D eigenvalue weighted by Gasteiger charge is -1.92. The third-order valence-corrected chi connectivity index (χ3v) is 2.15. The average Bonchev–Trinajstić information content (AvgIpc) is 2.57. The molecule has 0 aliphatic rings. The smallest absolute Gasteiger partial charge is 0.356 e. The Bertz CT molecular complexity index is 318. The van der Waals surface area contributed by atoms with Gasteiger partial charge in [-0.25, -0.2) is 9.78 Å². The Morgan fingerprint density at radius 2 is 2.21 bits per heavy atom. The van der Waals surface area contributed by atoms with Gasteiger partial charge in [0.05, 0.1) is 0 Å². The Labute approximate surface area is 83.4 Å². The second kappa shape index (κ2) is 4.79. The summed E-state index contributed by atoms with van der Waals surface area (Å²) in [5.74, 6) is -0.151. The average molecular weight is 196 g/mol. The monoisotopic (exact) mass is 196 g/mol. The largest absolute Gasteiger partial charge is 0.476 e. The summed E-state index contributed by atoms with van der Waals surface area (Å²) in [5.41, 5.74) is 0.905. The van der Waals surface area contributed by atoms with Crippen molar-refractivity contribution in [3.63, 3.8) is 0 Å². The molecule has 0 aromatic carbocycles. The van der Waals surface area contributed by atoms with Gasteiger partial charge in [-0.3, -0.25) is 0 Å². The molecule has 0 fully saturated rings. The van der Waals surface area contributed by atoms with Crippen molar-refractivity contribution in [1.29, 1.82) is 0 Å². The van der Waals surface area contributed by atoms with E-state index in [0.717, 1.165) is 30.8 Å². The lowest BCUT2D eigenvalue weighted by atomic mass is 10.2. The van der Waals surface area contributed by atoms with Gasteiger partial charge in [0.2, 0.25) is 0 Å². The second-order valence-corrected chi connectivity index (χ2v) is 3.27. The Morgan fingerprint density at radius 3 is 2.64 bits per heavy atom. The highest BCUT2D eigenvalue weighted by atomic mass is 16.4. The zero-order valence-electron chi connectivity index (χ0n) is 8.63. The summed E-state index contributed by atoms with van der Waals surface area (Å²) < 4.78 is 0. The van der Waals surface area contributed by atoms with Crippen LogP contribution in [0.4, 0.5) is 0 Å². The Hall–Kier alpha value is -1.32. The number of hydrogen-bond acceptors (Lipinski definition) is 2. The van der Waals surface area contributed by atoms with E-state index in [0.29, 0.717) is 6.42 Å². The minimum absolute atomic E-state index is 0.179. The number of nitrogens with one attached hydrogen (secondary N) is 1. The molecule has 0 spiro atoms. The molecule has 0 aliphatic carbocycles. The van der Waals surface area contributed by atoms with Crippen LogP contribution < -0.4 is 0 Å². The Morgan fingerprint density at radius 1 is 1.50 bits per heavy atom. The van der Waals surface area contributed by atoms with Crippen LogP contribution in [0.1, 0.15) is 48.7 Å². The number of unbranched alkanes of at least 4 members (excludes halogenated alkanes) is 1. The first-order chi connectivity index (χ1) is 6.69. The number of imidazole rings is 1. The minimum Gasteiger partial charge on any atom is -0.476 e. The van der Waals surface area contributed by atoms with Crippen molar-refractivity contribution in [3.05, 3.63) is 17.2 Å². The van der Waals surface area contributed by atoms with Gasteiger partial charge >= 0.3 is 5.97 Å². The van der Waals surface area contributed by atoms with Crippen molar-refractivity contribution in [2.24, 2.45) is 0 Å². The van der Waals surface area contributed by atoms with Gasteiger partial charge in [-0.15, -0.1) is 0 Å². The topological polar surface area (TPSA) is 66.0 Å². The van der Waals surface area contributed by atoms with E-state index in [1.165, 1.54) is 0 Å². The van der Waals surface area contributed by atoms with Crippen molar-refractivity contribution < 1.29 is 9.90 Å². The highest BCUT2D eigenvalue weighted by molar-refractivity contribution is 5.86. The molecule has 0 bridgehead atoms. The summed E-state index contributed by atoms with van der Waals surface area (Å²) in [6.45, 7) is 4.02. The molecule has 0 saturated carbocycles. The van der Waals surface area contributed by atoms with Crippen LogP contribution in [0.15, 0.2) is 0 Å². The van der Waals surface area contributed by atoms with Gasteiger partial charge in [0.1, 0.15) is 5.82 Å². The number of rotatable bonds is 5. The van der Waals surface area contributed by atoms with Crippen LogP contribution in [-0.4, -0.2) is 21.0 Å². The van der Waals surface area contributed by atoms with Crippen LogP contribution in [0.3, 0.4) is 0 Å². The van der Waals surface area contributed by atoms with Gasteiger partial charge in [0.15, 0.2) is 5.69 Å². The normalized spacial score (nSPS) is 10.4. The predicted molar refractivity (Wildman–Crippen MR) is 53.5 cm³/mol. The third-order valence-electron chi connectivity index (χ3n) is 2.15. The number of aromatic carboxylic acids is 1. The summed E-state index contributed by atoms with van der Waals surface area (Å²) >= 11 is 0. The van der Waals surface area contributed by atoms with E-state index in [4.69, 9.17) is 5.11 Å². The van der Waals surface area contributed by atoms with Gasteiger partial charge in [0, 0.05) is 12.1 Å². The summed E-state index contributed by atoms with van der Waals surface area (Å²) in [6.07, 6.45) is 3.64. The molecule has 1 aromatic rings. The standard InChI is InChI=1S/C10H16N2O2/c1-3-5-6-8-11-7(4-2)9(12-8)10(13)14/h3-6H2,1-2H3,(H,11,12)(H,13,14). The quantitative estimate of drug-likeness (QED) is 0.757. The first kappa shape index (κ1) is 10.8. The summed E-state index contributed by atoms with van der Waals surface area (Å²) in [4.78, 5) is 17.9. The molecule has 2 N–H and O–H groups in total. The van der Waals surface area contributed by atoms with Crippen LogP contribution in [0.5, 0.6) is 0 Å². The number of nitrogens with zero attached hydrogens (tertiary/aromatic N) is 1. The number of carboxylic acids is 1. The molecule has 1 aromatic heterocycles. The number of aromatic amines is 1. The van der Waals surface area contributed by atoms with E-state index in [1.807, 2.05) is 6.92 Å². The van der Waals surface area contributed by atoms with Gasteiger partial charge in [0.25, 0.3) is 0 Å². The SMILES string of the molecule is CCCCc1nc(C(=O)O)c(CC)[nH]1. The van der Waals surface area contributed by atoms with Crippen LogP contribution in [-0.2, 0) is 12.8 Å². The fraction of sp³-hybridized carbons (Fsp3) is 0.600. The molecule has 0 aliphatic heterocycles. The molecular formula is C10H16N2O2. The molecular weight excluding hydrogens is 180 g/mol. The van der Waals surface area contributed by atoms with Gasteiger partial charge < -0.3 is 10.1 Å². The van der Waals surface area contributed by atoms with E-state index in [1.54, 1.807) is 0 Å². The highest BCUT2D eigenvalue weighted by Crippen LogP contribution is 2.09. The number of aromatic nitrogens is 2. The lowest BCUT2D eigenvalue weighted by Crippen LogP contribution is -2.00. The minimum atomic E-state index is -0.944. The van der Waals surface area contributed by atoms with Gasteiger partial charge in [-0.05, 0) is 12.8 Å². The number of aryl methyl sites for hydroxylation is 2. The van der Waals surface area contributed by atoms with Crippen LogP contribution >= 0.6 is 0 Å². The van der Waals surface area contributed by atoms with Crippen molar-refractivity contribution in [2.75, 3.05) is 0 Å². The van der Waals surface area contributed by atoms with Crippen molar-refractivity contribution in [3.8, 4) is 0 Å². The maximum absolute atomic E-state index is 10.8. The molecule has 0 saturated heterocycles. The van der Waals surface area contributed by atoms with E-state index < -0.39 is 5.97 Å². The second-order valence-electron chi connectivity index (χ2n) is 3.27. The summed E-state index contributed by atoms with van der Waals surface area (Å²) in [5, 5.41) is 8.85. The molecule has 4 heteroatoms. The lowest BCUT2D eigenvalue weighted by molar-refractivity contribution is 0.0689. The molecule has 1 rings (SSSR count). The number of carboxylic acid groups (broad SMARTS) is 1. The fourth-order valence-corrected chi connectivity index (χ4v) is 1.36. The summed E-state index contributed by atoms with van der Waals surface area (Å²) in [7, 11) is 0. The number of H-pyrrole nitrogens is 1. The summed E-state index contributed by atoms with van der Waals surface area (Å²) in [6, 6.07) is 0. The zero-order valence-corrected chi connectivity index (χ0v) is 8.63. The van der Waals surface area contributed by atoms with E-state index in [9.17, 15) is 4.79 Å². The fourth-order valence-electron chi connectivity index (χ4n) is 1.36. The van der Waals surface area contributed by atoms with Crippen molar-refractivity contribution >= 4 is 5.97 Å². The molecule has 4 nitrogen and oxygen atoms in total. The molecule has 1 heterocycles. The van der Waals surface area contributed by atoms with E-state index in [-0.39, 0.29) is 5.69 Å². The third kappa shape index (κ3) is 2.34. The number of hydrogen-bond donors (Lipinski definition) is 2. The van der Waals surface area contributed by atoms with Crippen LogP contribution in [0.25, 0.3) is 0 Å². The molecule has 0 atom stereocenters. The highest BCUT2D eigenvalue weighted by Gasteiger charge is 2.14. The maximum atomic E-state index is 10.8. The number of carbonyl (C=O) groups is 1. The van der Waals surface area contributed by atoms with Gasteiger partial charge in [-0.1, -0.05) is 20.3 Å². The van der Waals surface area contributed by atoms with Crippen molar-refractivity contribution in [2.45, 2.75) is 39.5 Å². The first-order valence-corrected chi connectivity index (χ1v) is 5.00. The molecule has 0 unspecified atom stereocenters. The molecule has 0 radical (unpaired) electrons. The van der Waals surface area contributed by atoms with E-state index >= 15 is 0 Å². The first-order valence-electron chi connectivity index (χ1n) is 5.00. The Balaban J connectivity index is 2.83. The van der Waals surface area contributed by atoms with Crippen LogP contribution in [0.2, 0.25) is 0 Å². The van der Waals surface area contributed by atoms with Crippen molar-refractivity contribution in [1.82, 2.24) is 9.97 Å². The predicted octanol–water partition coefficient (Wildman–Crippen LogP) is 2.01.